The van der Waals surface area contributed by atoms with Crippen molar-refractivity contribution in [3.8, 4) is 0 Å². The van der Waals surface area contributed by atoms with Gasteiger partial charge in [0.2, 0.25) is 5.91 Å². The standard InChI is InChI=1S/C12H15F2N3O2/c1-7(11(18)16-12(15)19)17(2)6-8-3-4-9(13)5-10(8)14/h3-5,7H,6H2,1-2H3,(H3,15,16,18,19)/t7-/m1/s1. The van der Waals surface area contributed by atoms with E-state index in [9.17, 15) is 18.4 Å². The Hall–Kier alpha value is -2.02. The molecule has 3 N–H and O–H groups in total. The highest BCUT2D eigenvalue weighted by molar-refractivity contribution is 5.96. The number of carbonyl (C=O) groups excluding carboxylic acids is 2. The van der Waals surface area contributed by atoms with Crippen molar-refractivity contribution in [2.24, 2.45) is 5.73 Å². The Morgan fingerprint density at radius 1 is 1.42 bits per heavy atom. The Morgan fingerprint density at radius 3 is 2.58 bits per heavy atom. The number of benzene rings is 1. The van der Waals surface area contributed by atoms with Gasteiger partial charge in [-0.3, -0.25) is 15.0 Å². The van der Waals surface area contributed by atoms with E-state index in [0.29, 0.717) is 0 Å². The lowest BCUT2D eigenvalue weighted by atomic mass is 10.1. The van der Waals surface area contributed by atoms with Crippen LogP contribution in [0.15, 0.2) is 18.2 Å². The van der Waals surface area contributed by atoms with E-state index in [-0.39, 0.29) is 12.1 Å². The Kier molecular flexibility index (Phi) is 4.94. The third-order valence-corrected chi connectivity index (χ3v) is 2.72. The van der Waals surface area contributed by atoms with Gasteiger partial charge in [-0.2, -0.15) is 0 Å². The van der Waals surface area contributed by atoms with Crippen LogP contribution in [-0.4, -0.2) is 29.9 Å². The van der Waals surface area contributed by atoms with Gasteiger partial charge in [-0.05, 0) is 20.0 Å². The van der Waals surface area contributed by atoms with Crippen LogP contribution in [0.4, 0.5) is 13.6 Å². The van der Waals surface area contributed by atoms with Crippen molar-refractivity contribution in [3.05, 3.63) is 35.4 Å². The second-order valence-electron chi connectivity index (χ2n) is 4.18. The molecule has 5 nitrogen and oxygen atoms in total. The number of rotatable bonds is 4. The second-order valence-corrected chi connectivity index (χ2v) is 4.18. The molecule has 0 fully saturated rings. The summed E-state index contributed by atoms with van der Waals surface area (Å²) < 4.78 is 26.2. The van der Waals surface area contributed by atoms with Gasteiger partial charge in [0.15, 0.2) is 0 Å². The van der Waals surface area contributed by atoms with Gasteiger partial charge in [-0.25, -0.2) is 13.6 Å². The van der Waals surface area contributed by atoms with Gasteiger partial charge in [0.1, 0.15) is 11.6 Å². The zero-order valence-electron chi connectivity index (χ0n) is 10.6. The number of hydrogen-bond donors (Lipinski definition) is 2. The van der Waals surface area contributed by atoms with Crippen LogP contribution in [0.3, 0.4) is 0 Å². The van der Waals surface area contributed by atoms with Crippen LogP contribution in [0.25, 0.3) is 0 Å². The molecule has 0 saturated heterocycles. The van der Waals surface area contributed by atoms with Crippen LogP contribution in [0, 0.1) is 11.6 Å². The number of imide groups is 1. The fraction of sp³-hybridized carbons (Fsp3) is 0.333. The van der Waals surface area contributed by atoms with E-state index in [2.05, 4.69) is 0 Å². The minimum absolute atomic E-state index is 0.0967. The summed E-state index contributed by atoms with van der Waals surface area (Å²) in [5.74, 6) is -1.93. The maximum Gasteiger partial charge on any atom is 0.318 e. The molecule has 0 aliphatic carbocycles. The van der Waals surface area contributed by atoms with E-state index in [4.69, 9.17) is 5.73 Å². The Bertz CT molecular complexity index is 494. The summed E-state index contributed by atoms with van der Waals surface area (Å²) in [6, 6.07) is 1.59. The Labute approximate surface area is 109 Å². The van der Waals surface area contributed by atoms with E-state index in [1.807, 2.05) is 5.32 Å². The van der Waals surface area contributed by atoms with Crippen LogP contribution < -0.4 is 11.1 Å². The molecule has 0 aromatic heterocycles. The largest absolute Gasteiger partial charge is 0.351 e. The lowest BCUT2D eigenvalue weighted by Gasteiger charge is -2.23. The summed E-state index contributed by atoms with van der Waals surface area (Å²) in [5.41, 5.74) is 5.09. The van der Waals surface area contributed by atoms with E-state index in [1.165, 1.54) is 11.0 Å². The lowest BCUT2D eigenvalue weighted by molar-refractivity contribution is -0.124. The Morgan fingerprint density at radius 2 is 2.05 bits per heavy atom. The lowest BCUT2D eigenvalue weighted by Crippen LogP contribution is -2.46. The van der Waals surface area contributed by atoms with Crippen molar-refractivity contribution in [2.45, 2.75) is 19.5 Å². The number of urea groups is 1. The quantitative estimate of drug-likeness (QED) is 0.857. The van der Waals surface area contributed by atoms with Crippen molar-refractivity contribution < 1.29 is 18.4 Å². The van der Waals surface area contributed by atoms with Crippen LogP contribution in [0.5, 0.6) is 0 Å². The first-order valence-electron chi connectivity index (χ1n) is 5.55. The summed E-state index contributed by atoms with van der Waals surface area (Å²) in [4.78, 5) is 23.6. The van der Waals surface area contributed by atoms with Gasteiger partial charge in [0.25, 0.3) is 0 Å². The molecule has 0 aliphatic rings. The predicted molar refractivity (Wildman–Crippen MR) is 65.0 cm³/mol. The first-order valence-corrected chi connectivity index (χ1v) is 5.55. The third kappa shape index (κ3) is 4.29. The number of amides is 3. The van der Waals surface area contributed by atoms with Crippen molar-refractivity contribution in [1.29, 1.82) is 0 Å². The molecule has 0 radical (unpaired) electrons. The smallest absolute Gasteiger partial charge is 0.318 e. The van der Waals surface area contributed by atoms with E-state index in [1.54, 1.807) is 14.0 Å². The number of nitrogens with one attached hydrogen (secondary N) is 1. The highest BCUT2D eigenvalue weighted by atomic mass is 19.1. The third-order valence-electron chi connectivity index (χ3n) is 2.72. The average molecular weight is 271 g/mol. The summed E-state index contributed by atoms with van der Waals surface area (Å²) in [6.07, 6.45) is 0. The maximum atomic E-state index is 13.4. The molecule has 0 spiro atoms. The number of carbonyl (C=O) groups is 2. The van der Waals surface area contributed by atoms with Crippen molar-refractivity contribution >= 4 is 11.9 Å². The number of likely N-dealkylation sites (N-methyl/N-ethyl adjacent to an activating group) is 1. The molecule has 0 saturated carbocycles. The molecule has 0 bridgehead atoms. The van der Waals surface area contributed by atoms with Crippen LogP contribution in [0.2, 0.25) is 0 Å². The van der Waals surface area contributed by atoms with E-state index in [0.717, 1.165) is 12.1 Å². The first kappa shape index (κ1) is 15.0. The minimum atomic E-state index is -0.946. The van der Waals surface area contributed by atoms with Crippen molar-refractivity contribution in [1.82, 2.24) is 10.2 Å². The molecule has 0 unspecified atom stereocenters. The zero-order valence-corrected chi connectivity index (χ0v) is 10.6. The molecule has 3 amide bonds. The number of nitrogens with zero attached hydrogens (tertiary/aromatic N) is 1. The molecule has 19 heavy (non-hydrogen) atoms. The molecule has 1 atom stereocenters. The SMILES string of the molecule is C[C@H](C(=O)NC(N)=O)N(C)Cc1ccc(F)cc1F. The molecule has 0 heterocycles. The molecule has 7 heteroatoms. The van der Waals surface area contributed by atoms with E-state index < -0.39 is 29.6 Å². The highest BCUT2D eigenvalue weighted by Gasteiger charge is 2.20. The predicted octanol–water partition coefficient (Wildman–Crippen LogP) is 0.980. The Balaban J connectivity index is 2.70. The van der Waals surface area contributed by atoms with Gasteiger partial charge < -0.3 is 5.73 Å². The van der Waals surface area contributed by atoms with Crippen molar-refractivity contribution in [3.63, 3.8) is 0 Å². The second kappa shape index (κ2) is 6.24. The zero-order chi connectivity index (χ0) is 14.6. The fourth-order valence-corrected chi connectivity index (χ4v) is 1.48. The fourth-order valence-electron chi connectivity index (χ4n) is 1.48. The van der Waals surface area contributed by atoms with Crippen molar-refractivity contribution in [2.75, 3.05) is 7.05 Å². The molecule has 1 aromatic rings. The average Bonchev–Trinajstić information content (AvgIpc) is 2.30. The van der Waals surface area contributed by atoms with Crippen LogP contribution >= 0.6 is 0 Å². The molecule has 1 aromatic carbocycles. The summed E-state index contributed by atoms with van der Waals surface area (Å²) >= 11 is 0. The topological polar surface area (TPSA) is 75.4 Å². The van der Waals surface area contributed by atoms with Gasteiger partial charge in [0, 0.05) is 18.2 Å². The van der Waals surface area contributed by atoms with Gasteiger partial charge >= 0.3 is 6.03 Å². The monoisotopic (exact) mass is 271 g/mol. The first-order chi connectivity index (χ1) is 8.81. The maximum absolute atomic E-state index is 13.4. The molecule has 1 rings (SSSR count). The van der Waals surface area contributed by atoms with Gasteiger partial charge in [0.05, 0.1) is 6.04 Å². The molecule has 0 aliphatic heterocycles. The minimum Gasteiger partial charge on any atom is -0.351 e. The normalized spacial score (nSPS) is 12.3. The number of nitrogens with two attached hydrogens (primary N) is 1. The van der Waals surface area contributed by atoms with Gasteiger partial charge in [-0.1, -0.05) is 6.07 Å². The molecular formula is C12H15F2N3O2. The number of halogens is 2. The number of primary amides is 1. The van der Waals surface area contributed by atoms with Crippen LogP contribution in [0.1, 0.15) is 12.5 Å². The van der Waals surface area contributed by atoms with Gasteiger partial charge in [-0.15, -0.1) is 0 Å². The highest BCUT2D eigenvalue weighted by Crippen LogP contribution is 2.12. The molecule has 104 valence electrons. The van der Waals surface area contributed by atoms with Crippen LogP contribution in [-0.2, 0) is 11.3 Å². The summed E-state index contributed by atoms with van der Waals surface area (Å²) in [6.45, 7) is 1.64. The summed E-state index contributed by atoms with van der Waals surface area (Å²) in [7, 11) is 1.58. The number of hydrogen-bond acceptors (Lipinski definition) is 3. The molecular weight excluding hydrogens is 256 g/mol. The summed E-state index contributed by atoms with van der Waals surface area (Å²) in [5, 5.41) is 1.94. The van der Waals surface area contributed by atoms with E-state index >= 15 is 0 Å².